The second-order valence-corrected chi connectivity index (χ2v) is 62.8. The Morgan fingerprint density at radius 1 is 0.281 bits per heavy atom. The first-order valence-electron chi connectivity index (χ1n) is 37.9. The van der Waals surface area contributed by atoms with Gasteiger partial charge in [0.15, 0.2) is 17.7 Å². The topological polar surface area (TPSA) is 0 Å². The Kier molecular flexibility index (Phi) is 46.8. The summed E-state index contributed by atoms with van der Waals surface area (Å²) in [6.07, 6.45) is 35.3. The fourth-order valence-electron chi connectivity index (χ4n) is 16.7. The van der Waals surface area contributed by atoms with Crippen molar-refractivity contribution in [3.8, 4) is 0 Å². The van der Waals surface area contributed by atoms with Gasteiger partial charge in [-0.25, -0.2) is 0 Å². The minimum atomic E-state index is -0.394. The Hall–Kier alpha value is 0.551. The van der Waals surface area contributed by atoms with E-state index in [-0.39, 0.29) is 65.3 Å². The van der Waals surface area contributed by atoms with E-state index in [1.54, 1.807) is 128 Å². The van der Waals surface area contributed by atoms with Crippen LogP contribution in [0.15, 0.2) is 121 Å². The fraction of sp³-hybridized carbons (Fsp3) is 0.690. The van der Waals surface area contributed by atoms with Crippen molar-refractivity contribution in [2.24, 2.45) is 0 Å². The van der Waals surface area contributed by atoms with Gasteiger partial charge in [0.05, 0.1) is 63.9 Å². The molecule has 0 saturated heterocycles. The molecule has 9 heteroatoms. The van der Waals surface area contributed by atoms with Crippen molar-refractivity contribution in [1.82, 2.24) is 0 Å². The van der Waals surface area contributed by atoms with Crippen LogP contribution in [0.3, 0.4) is 0 Å². The van der Waals surface area contributed by atoms with Gasteiger partial charge in [0, 0.05) is 97.0 Å². The first-order chi connectivity index (χ1) is 43.1. The maximum Gasteiger partial charge on any atom is 0.157 e. The van der Waals surface area contributed by atoms with Crippen molar-refractivity contribution < 1.29 is 49.5 Å². The SMILES string of the molecule is C1CCC([PH+](C[PH+](C2CCCCC2)C2CCCCC2)C2CCCCC2)CC1.CC(C)(C)[PH+](C[PH+](C(C)(C)C)C(C)(C)C)C(C)(C)C.CC(C)(C)[PH+](C[PH+](C(C)(C)C)C(C)(C)C)C(C)(C)C.[CH2-]c1ccccc1.[CH2-]c1ccccc1.[Ni].[Ni].[Ni].c1ccc([CH-]Cc2ccccc2)cc1. The van der Waals surface area contributed by atoms with Crippen LogP contribution in [0, 0.1) is 20.3 Å². The molecule has 0 amide bonds. The monoisotopic (exact) mass is 1560 g/mol. The van der Waals surface area contributed by atoms with Crippen LogP contribution in [0.1, 0.15) is 317 Å². The molecular formula is C87H155Ni3P6+3. The summed E-state index contributed by atoms with van der Waals surface area (Å²) in [7, 11) is -1.77. The van der Waals surface area contributed by atoms with Crippen molar-refractivity contribution in [2.45, 2.75) is 365 Å². The first-order valence-corrected chi connectivity index (χ1v) is 48.5. The second-order valence-electron chi connectivity index (χ2n) is 37.2. The van der Waals surface area contributed by atoms with E-state index in [1.807, 2.05) is 78.7 Å². The Bertz CT molecular complexity index is 2170. The maximum atomic E-state index is 3.72. The third-order valence-corrected chi connectivity index (χ3v) is 50.7. The third-order valence-electron chi connectivity index (χ3n) is 20.8. The van der Waals surface area contributed by atoms with E-state index >= 15 is 0 Å². The quantitative estimate of drug-likeness (QED) is 0.0711. The molecule has 0 N–H and O–H groups in total. The molecule has 4 aromatic carbocycles. The van der Waals surface area contributed by atoms with E-state index in [1.165, 1.54) is 45.6 Å². The molecule has 560 valence electrons. The molecule has 4 fully saturated rings. The van der Waals surface area contributed by atoms with Gasteiger partial charge in [0.25, 0.3) is 0 Å². The Morgan fingerprint density at radius 2 is 0.479 bits per heavy atom. The second kappa shape index (κ2) is 46.5. The van der Waals surface area contributed by atoms with Gasteiger partial charge >= 0.3 is 0 Å². The molecule has 0 atom stereocenters. The molecule has 4 saturated carbocycles. The predicted molar refractivity (Wildman–Crippen MR) is 452 cm³/mol. The zero-order valence-electron chi connectivity index (χ0n) is 66.8. The van der Waals surface area contributed by atoms with Crippen LogP contribution in [0.2, 0.25) is 0 Å². The predicted octanol–water partition coefficient (Wildman–Crippen LogP) is 29.0. The smallest absolute Gasteiger partial charge is 0.157 e. The number of rotatable bonds is 13. The van der Waals surface area contributed by atoms with Gasteiger partial charge in [-0.3, -0.25) is 0 Å². The van der Waals surface area contributed by atoms with Crippen molar-refractivity contribution in [3.05, 3.63) is 164 Å². The summed E-state index contributed by atoms with van der Waals surface area (Å²) >= 11 is 0. The van der Waals surface area contributed by atoms with Gasteiger partial charge in [-0.1, -0.05) is 86.2 Å². The Morgan fingerprint density at radius 3 is 0.667 bits per heavy atom. The average Bonchev–Trinajstić information content (AvgIpc) is 0.807. The van der Waals surface area contributed by atoms with E-state index in [0.29, 0.717) is 41.2 Å². The molecule has 0 aliphatic heterocycles. The van der Waals surface area contributed by atoms with Crippen LogP contribution in [0.5, 0.6) is 0 Å². The summed E-state index contributed by atoms with van der Waals surface area (Å²) in [4.78, 5) is 0. The summed E-state index contributed by atoms with van der Waals surface area (Å²) in [6, 6.07) is 40.7. The molecular weight excluding hydrogens is 1410 g/mol. The summed E-state index contributed by atoms with van der Waals surface area (Å²) in [5, 5.41) is 3.96. The fourth-order valence-corrected chi connectivity index (χ4v) is 58.0. The van der Waals surface area contributed by atoms with Gasteiger partial charge < -0.3 is 0 Å². The first kappa shape index (κ1) is 96.6. The molecule has 0 spiro atoms. The van der Waals surface area contributed by atoms with Gasteiger partial charge in [0.2, 0.25) is 0 Å². The molecule has 0 nitrogen and oxygen atoms in total. The van der Waals surface area contributed by atoms with Crippen molar-refractivity contribution in [2.75, 3.05) is 17.7 Å². The molecule has 4 aromatic rings. The van der Waals surface area contributed by atoms with Crippen molar-refractivity contribution in [3.63, 3.8) is 0 Å². The summed E-state index contributed by atoms with van der Waals surface area (Å²) in [5.41, 5.74) is 9.73. The Balaban J connectivity index is 0.00000118. The molecule has 0 unspecified atom stereocenters. The molecule has 0 heterocycles. The van der Waals surface area contributed by atoms with Crippen LogP contribution in [-0.2, 0) is 55.9 Å². The summed E-state index contributed by atoms with van der Waals surface area (Å²) in [6.45, 7) is 66.7. The van der Waals surface area contributed by atoms with E-state index in [4.69, 9.17) is 0 Å². The zero-order valence-corrected chi connectivity index (χ0v) is 75.7. The van der Waals surface area contributed by atoms with Crippen LogP contribution < -0.4 is 0 Å². The molecule has 96 heavy (non-hydrogen) atoms. The van der Waals surface area contributed by atoms with Gasteiger partial charge in [-0.05, 0) is 269 Å². The number of hydrogen-bond acceptors (Lipinski definition) is 0. The average molecular weight is 1560 g/mol. The standard InChI is InChI=1S/C25H46P2.2C17H38P2.C14H13.2C7H7.3Ni/c1-5-13-22(14-6-1)26(23-15-7-2-8-16-23)21-27(24-17-9-3-10-18-24)25-19-11-4-12-20-25;2*1-14(2,3)18(15(4,5)6)13-19(16(7,8)9)17(10,11)12;1-3-7-13(8-4-1)11-12-14-9-5-2-6-10-14;2*1-7-5-3-2-4-6-7;;;/h22-25H,1-21H2;2*13H2,1-12H3;1-11H,12H2;2*2-6H,1H2;;;/q;;;3*-1;;;/p+6. The van der Waals surface area contributed by atoms with E-state index in [0.717, 1.165) is 17.5 Å². The summed E-state index contributed by atoms with van der Waals surface area (Å²) < 4.78 is 0. The number of benzene rings is 4. The molecule has 0 radical (unpaired) electrons. The number of hydrogen-bond donors (Lipinski definition) is 0. The van der Waals surface area contributed by atoms with Crippen molar-refractivity contribution >= 4 is 47.5 Å². The largest absolute Gasteiger partial charge is 0.199 e. The molecule has 8 rings (SSSR count). The summed E-state index contributed by atoms with van der Waals surface area (Å²) in [5.74, 6) is 4.91. The maximum absolute atomic E-state index is 3.72. The molecule has 0 aromatic heterocycles. The van der Waals surface area contributed by atoms with Crippen LogP contribution in [-0.4, -0.2) is 81.6 Å². The van der Waals surface area contributed by atoms with E-state index < -0.39 is 31.7 Å². The van der Waals surface area contributed by atoms with Crippen molar-refractivity contribution in [1.29, 1.82) is 0 Å². The van der Waals surface area contributed by atoms with Gasteiger partial charge in [-0.2, -0.15) is 73.4 Å². The minimum absolute atomic E-state index is 0. The van der Waals surface area contributed by atoms with E-state index in [9.17, 15) is 0 Å². The van der Waals surface area contributed by atoms with Gasteiger partial charge in [0.1, 0.15) is 0 Å². The minimum Gasteiger partial charge on any atom is -0.199 e. The zero-order chi connectivity index (χ0) is 69.9. The third kappa shape index (κ3) is 39.1. The Labute approximate surface area is 638 Å². The van der Waals surface area contributed by atoms with Gasteiger partial charge in [-0.15, -0.1) is 36.4 Å². The molecule has 0 bridgehead atoms. The van der Waals surface area contributed by atoms with Crippen LogP contribution >= 0.6 is 47.5 Å². The van der Waals surface area contributed by atoms with E-state index in [2.05, 4.69) is 235 Å². The van der Waals surface area contributed by atoms with Crippen LogP contribution in [0.4, 0.5) is 0 Å². The molecule has 4 aliphatic rings. The molecule has 4 aliphatic carbocycles. The normalized spacial score (nSPS) is 16.7. The van der Waals surface area contributed by atoms with Crippen LogP contribution in [0.25, 0.3) is 0 Å².